The summed E-state index contributed by atoms with van der Waals surface area (Å²) in [4.78, 5) is 159. The minimum atomic E-state index is -4.15. The molecule has 53 heteroatoms. The van der Waals surface area contributed by atoms with Gasteiger partial charge in [-0.15, -0.1) is 0 Å². The molecule has 1 aromatic rings. The number of carbonyl (C=O) groups is 11. The van der Waals surface area contributed by atoms with Gasteiger partial charge in [-0.1, -0.05) is 0 Å². The van der Waals surface area contributed by atoms with Crippen LogP contribution in [0.15, 0.2) is 59.2 Å². The number of carbonyl (C=O) groups excluding carboxylic acids is 3. The molecule has 2 amide bonds. The number of hydrogen-bond acceptors (Lipinski definition) is 27. The van der Waals surface area contributed by atoms with Crippen LogP contribution in [0, 0.1) is 0 Å². The zero-order valence-corrected chi connectivity index (χ0v) is 60.1. The number of rotatable bonds is 46. The summed E-state index contributed by atoms with van der Waals surface area (Å²) in [5, 5.41) is 87.6. The molecule has 0 saturated heterocycles. The molecule has 618 valence electrons. The van der Waals surface area contributed by atoms with E-state index in [-0.39, 0.29) is 118 Å². The van der Waals surface area contributed by atoms with Crippen LogP contribution in [0.4, 0.5) is 5.69 Å². The van der Waals surface area contributed by atoms with Crippen LogP contribution in [-0.4, -0.2) is 265 Å². The minimum Gasteiger partial charge on any atom is -0.480 e. The van der Waals surface area contributed by atoms with Crippen molar-refractivity contribution in [3.63, 3.8) is 0 Å². The number of amides is 2. The van der Waals surface area contributed by atoms with Gasteiger partial charge in [-0.2, -0.15) is 0 Å². The van der Waals surface area contributed by atoms with E-state index in [2.05, 4.69) is 61.0 Å². The van der Waals surface area contributed by atoms with Crippen LogP contribution >= 0.6 is 7.60 Å². The number of ether oxygens (including phenoxy) is 1. The summed E-state index contributed by atoms with van der Waals surface area (Å²) >= 11 is 0. The second kappa shape index (κ2) is 66.1. The second-order valence-electron chi connectivity index (χ2n) is 21.2. The SMILES string of the molecule is CC(NC(CCCN=C(N)N)C(=O)O)C(=O)O.NC(=NCCCC(N)C(=O)O)NC=O.NC(=NCCCC(N)C(=O)O)NO.NC(N)=NCCCC(N)P(=O)(O)O.NC(N)=NCCCC(NC(CCOC=O)C(=O)O)C(=O)O.NC(N)=Nc1ccc(C(=O)O)cc1.NCCC(=O)NC(CCCN=C(N)N)C(=O)O. The number of aliphatic carboxylic acids is 7. The van der Waals surface area contributed by atoms with Crippen molar-refractivity contribution < 1.29 is 118 Å². The third-order valence-corrected chi connectivity index (χ3v) is 13.3. The maximum absolute atomic E-state index is 11.2. The van der Waals surface area contributed by atoms with E-state index in [0.717, 1.165) is 0 Å². The van der Waals surface area contributed by atoms with Crippen LogP contribution in [0.1, 0.15) is 107 Å². The number of nitrogens with two attached hydrogens (primary N) is 16. The zero-order chi connectivity index (χ0) is 84.5. The Morgan fingerprint density at radius 3 is 1.17 bits per heavy atom. The Hall–Kier alpha value is -11.7. The maximum atomic E-state index is 11.2. The first-order valence-electron chi connectivity index (χ1n) is 31.6. The first-order chi connectivity index (χ1) is 50.3. The van der Waals surface area contributed by atoms with E-state index < -0.39 is 103 Å². The van der Waals surface area contributed by atoms with E-state index >= 15 is 0 Å². The van der Waals surface area contributed by atoms with Crippen molar-refractivity contribution in [1.82, 2.24) is 26.7 Å². The van der Waals surface area contributed by atoms with Crippen LogP contribution in [0.2, 0.25) is 0 Å². The Morgan fingerprint density at radius 1 is 0.481 bits per heavy atom. The van der Waals surface area contributed by atoms with E-state index in [1.165, 1.54) is 31.2 Å². The van der Waals surface area contributed by atoms with Crippen LogP contribution in [-0.2, 0) is 57.2 Å². The van der Waals surface area contributed by atoms with Gasteiger partial charge in [0.05, 0.1) is 17.9 Å². The molecule has 0 aliphatic rings. The molecule has 0 radical (unpaired) electrons. The van der Waals surface area contributed by atoms with Crippen molar-refractivity contribution in [3.8, 4) is 0 Å². The third-order valence-electron chi connectivity index (χ3n) is 12.2. The quantitative estimate of drug-likeness (QED) is 0.00720. The van der Waals surface area contributed by atoms with Crippen molar-refractivity contribution in [2.24, 2.45) is 127 Å². The summed E-state index contributed by atoms with van der Waals surface area (Å²) in [6, 6.07) is -0.757. The van der Waals surface area contributed by atoms with Gasteiger partial charge in [0.2, 0.25) is 18.3 Å². The molecule has 8 unspecified atom stereocenters. The number of nitrogens with one attached hydrogen (secondary N) is 5. The number of carboxylic acid groups (broad SMARTS) is 8. The van der Waals surface area contributed by atoms with Gasteiger partial charge < -0.3 is 152 Å². The molecule has 0 aliphatic carbocycles. The Labute approximate surface area is 618 Å². The molecular formula is C55H109N28O24P. The predicted octanol–water partition coefficient (Wildman–Crippen LogP) is -9.88. The van der Waals surface area contributed by atoms with Gasteiger partial charge in [-0.25, -0.2) is 20.1 Å². The number of carboxylic acids is 8. The van der Waals surface area contributed by atoms with Gasteiger partial charge in [-0.05, 0) is 108 Å². The molecule has 0 saturated carbocycles. The van der Waals surface area contributed by atoms with Gasteiger partial charge in [0.15, 0.2) is 35.8 Å². The standard InChI is InChI=1S/C11H20N4O6.C9H19N5O3.C9H18N4O4.C8H9N3O2.C7H14N4O3.C6H14N4O3.C5H15N4O3P/c12-11(13)14-4-1-2-7(9(17)18)15-8(10(19)20)3-5-21-6-16;10-4-3-7(15)14-6(8(16)17)2-1-5-13-9(11)12;1-5(7(14)15)13-6(8(16)17)3-2-4-12-9(10)11;9-8(10)11-6-3-1-5(2-4-6)7(12)13;8-5(6(13)14)2-1-3-10-7(9)11-4-12;7-4(5(11)12)2-1-3-9-6(8)10-13;6-4(13(10,11)12)2-1-3-9-5(7)8/h6-8,15H,1-5H2,(H,17,18)(H,19,20)(H4,12,13,14);6H,1-5,10H2,(H,14,15)(H,16,17)(H4,11,12,13);5-6,13H,2-4H2,1H3,(H,14,15)(H,16,17)(H4,10,11,12);1-4H,(H,12,13)(H4,9,10,11);4-5H,1-3,8H2,(H,13,14)(H3,9,10,11,12);4,13H,1-3,7H2,(H,11,12)(H3,8,9,10);4H,1-3,6H2,(H4,7,8,9)(H2,10,11,12). The highest BCUT2D eigenvalue weighted by Gasteiger charge is 2.27. The highest BCUT2D eigenvalue weighted by atomic mass is 31.2. The first-order valence-corrected chi connectivity index (χ1v) is 33.3. The molecule has 0 spiro atoms. The second-order valence-corrected chi connectivity index (χ2v) is 23.1. The Kier molecular flexibility index (Phi) is 65.6. The van der Waals surface area contributed by atoms with E-state index in [1.54, 1.807) is 5.48 Å². The fourth-order valence-electron chi connectivity index (χ4n) is 6.76. The number of hydrogen-bond donors (Lipinski definition) is 32. The van der Waals surface area contributed by atoms with E-state index in [0.29, 0.717) is 96.2 Å². The van der Waals surface area contributed by atoms with Crippen molar-refractivity contribution >= 4 is 122 Å². The largest absolute Gasteiger partial charge is 0.480 e. The van der Waals surface area contributed by atoms with Crippen molar-refractivity contribution in [3.05, 3.63) is 29.8 Å². The monoisotopic (exact) mass is 1580 g/mol. The number of aliphatic imine (C=N–C) groups is 7. The lowest BCUT2D eigenvalue weighted by atomic mass is 10.1. The molecular weight excluding hydrogens is 1470 g/mol. The van der Waals surface area contributed by atoms with Gasteiger partial charge in [0.25, 0.3) is 6.47 Å². The number of aromatic carboxylic acids is 1. The van der Waals surface area contributed by atoms with Crippen LogP contribution < -0.4 is 118 Å². The molecule has 0 heterocycles. The van der Waals surface area contributed by atoms with Crippen LogP contribution in [0.25, 0.3) is 0 Å². The van der Waals surface area contributed by atoms with Gasteiger partial charge in [-0.3, -0.25) is 98.8 Å². The minimum absolute atomic E-state index is 0.0175. The normalized spacial score (nSPS) is 12.7. The Bertz CT molecular complexity index is 3070. The average Bonchev–Trinajstić information content (AvgIpc) is 0.891. The number of guanidine groups is 7. The predicted molar refractivity (Wildman–Crippen MR) is 393 cm³/mol. The van der Waals surface area contributed by atoms with E-state index in [4.69, 9.17) is 148 Å². The number of hydroxylamine groups is 1. The summed E-state index contributed by atoms with van der Waals surface area (Å²) in [5.41, 5.74) is 84.6. The number of benzene rings is 1. The molecule has 0 fully saturated rings. The lowest BCUT2D eigenvalue weighted by Gasteiger charge is -2.19. The van der Waals surface area contributed by atoms with Crippen molar-refractivity contribution in [1.29, 1.82) is 0 Å². The smallest absolute Gasteiger partial charge is 0.342 e. The summed E-state index contributed by atoms with van der Waals surface area (Å²) in [5.74, 6) is -10.6. The lowest BCUT2D eigenvalue weighted by molar-refractivity contribution is -0.145. The lowest BCUT2D eigenvalue weighted by Crippen LogP contribution is -2.47. The Morgan fingerprint density at radius 2 is 0.843 bits per heavy atom. The summed E-state index contributed by atoms with van der Waals surface area (Å²) < 4.78 is 14.9. The van der Waals surface area contributed by atoms with Crippen LogP contribution in [0.5, 0.6) is 0 Å². The molecule has 8 atom stereocenters. The molecule has 52 nitrogen and oxygen atoms in total. The van der Waals surface area contributed by atoms with Gasteiger partial charge in [0, 0.05) is 58.7 Å². The molecule has 0 aromatic heterocycles. The molecule has 48 N–H and O–H groups in total. The molecule has 108 heavy (non-hydrogen) atoms. The summed E-state index contributed by atoms with van der Waals surface area (Å²) in [7, 11) is -4.15. The van der Waals surface area contributed by atoms with Crippen LogP contribution in [0.3, 0.4) is 0 Å². The molecule has 1 rings (SSSR count). The average molecular weight is 1580 g/mol. The van der Waals surface area contributed by atoms with Crippen molar-refractivity contribution in [2.45, 2.75) is 145 Å². The molecule has 1 aromatic carbocycles. The molecule has 0 aliphatic heterocycles. The summed E-state index contributed by atoms with van der Waals surface area (Å²) in [6.07, 6.45) is 4.79. The van der Waals surface area contributed by atoms with Gasteiger partial charge >= 0.3 is 55.4 Å². The summed E-state index contributed by atoms with van der Waals surface area (Å²) in [6.45, 7) is 3.55. The first kappa shape index (κ1) is 107. The van der Waals surface area contributed by atoms with E-state index in [9.17, 15) is 57.3 Å². The Balaban J connectivity index is -0.000000283. The molecule has 0 bridgehead atoms. The van der Waals surface area contributed by atoms with E-state index in [1.807, 2.05) is 0 Å². The number of nitrogens with zero attached hydrogens (tertiary/aromatic N) is 7. The highest BCUT2D eigenvalue weighted by Crippen LogP contribution is 2.40. The highest BCUT2D eigenvalue weighted by molar-refractivity contribution is 7.52. The van der Waals surface area contributed by atoms with Gasteiger partial charge in [0.1, 0.15) is 48.1 Å². The fraction of sp³-hybridized carbons (Fsp3) is 0.564. The topological polar surface area (TPSA) is 1000 Å². The van der Waals surface area contributed by atoms with Crippen molar-refractivity contribution in [2.75, 3.05) is 52.4 Å². The fourth-order valence-corrected chi connectivity index (χ4v) is 7.28. The maximum Gasteiger partial charge on any atom is 0.342 e. The zero-order valence-electron chi connectivity index (χ0n) is 59.2. The third kappa shape index (κ3) is 71.3.